The number of esters is 2. The van der Waals surface area contributed by atoms with Gasteiger partial charge in [-0.3, -0.25) is 0 Å². The summed E-state index contributed by atoms with van der Waals surface area (Å²) in [7, 11) is -1.31. The Morgan fingerprint density at radius 3 is 1.02 bits per heavy atom. The first-order valence-corrected chi connectivity index (χ1v) is 25.2. The Morgan fingerprint density at radius 1 is 0.467 bits per heavy atom. The smallest absolute Gasteiger partial charge is 0.462 e. The minimum absolute atomic E-state index is 0.338. The van der Waals surface area contributed by atoms with Crippen LogP contribution in [0.25, 0.3) is 20.2 Å². The summed E-state index contributed by atoms with van der Waals surface area (Å²) < 4.78 is 41.1. The lowest BCUT2D eigenvalue weighted by atomic mass is 9.86. The highest BCUT2D eigenvalue weighted by atomic mass is 32.1. The standard InChI is InChI=1S/C48H76B2O8S2/c1-11-13-15-17-19-21-23-25-27-29-31-53-43(51)39-35-33-37(49-55-45(3,4)46(5,6)56-49)60-42(35)40(44(52)54-32-30-28-26-24-22-20-18-16-14-12-2)36-34-38(59-41(36)39)50-57-47(7,8)48(9,10)58-50/h33-34H,11-32H2,1-10H3. The topological polar surface area (TPSA) is 89.5 Å². The van der Waals surface area contributed by atoms with E-state index in [1.54, 1.807) is 0 Å². The molecule has 0 N–H and O–H groups in total. The van der Waals surface area contributed by atoms with Gasteiger partial charge < -0.3 is 28.1 Å². The number of benzene rings is 1. The monoisotopic (exact) mass is 867 g/mol. The molecule has 0 amide bonds. The SMILES string of the molecule is CCCCCCCCCCCCOC(=O)c1c2cc(B3OC(C)(C)C(C)(C)O3)sc2c(C(=O)OCCCCCCCCCCCC)c2cc(B3OC(C)(C)C(C)(C)O3)sc12. The molecule has 2 fully saturated rings. The molecule has 0 bridgehead atoms. The molecule has 2 aliphatic heterocycles. The molecule has 2 aromatic heterocycles. The summed E-state index contributed by atoms with van der Waals surface area (Å²) in [6.45, 7) is 21.4. The van der Waals surface area contributed by atoms with Crippen LogP contribution in [0, 0.1) is 0 Å². The molecule has 334 valence electrons. The zero-order valence-electron chi connectivity index (χ0n) is 38.9. The number of fused-ring (bicyclic) bond motifs is 2. The summed E-state index contributed by atoms with van der Waals surface area (Å²) in [5, 5.41) is 1.30. The third-order valence-corrected chi connectivity index (χ3v) is 15.7. The van der Waals surface area contributed by atoms with Gasteiger partial charge in [-0.1, -0.05) is 129 Å². The van der Waals surface area contributed by atoms with Crippen molar-refractivity contribution in [3.8, 4) is 0 Å². The Labute approximate surface area is 371 Å². The van der Waals surface area contributed by atoms with Gasteiger partial charge in [0.05, 0.1) is 46.7 Å². The van der Waals surface area contributed by atoms with E-state index in [0.717, 1.165) is 48.1 Å². The Balaban J connectivity index is 1.41. The fourth-order valence-corrected chi connectivity index (χ4v) is 10.4. The summed E-state index contributed by atoms with van der Waals surface area (Å²) in [6.07, 6.45) is 24.0. The van der Waals surface area contributed by atoms with Crippen molar-refractivity contribution in [2.45, 2.75) is 220 Å². The Hall–Kier alpha value is -1.95. The number of hydrogen-bond donors (Lipinski definition) is 0. The van der Waals surface area contributed by atoms with Gasteiger partial charge in [-0.05, 0) is 80.4 Å². The predicted molar refractivity (Wildman–Crippen MR) is 253 cm³/mol. The summed E-state index contributed by atoms with van der Waals surface area (Å²) in [6, 6.07) is 3.93. The molecule has 5 rings (SSSR count). The second-order valence-corrected chi connectivity index (χ2v) is 21.5. The first-order valence-electron chi connectivity index (χ1n) is 23.6. The number of ether oxygens (including phenoxy) is 2. The predicted octanol–water partition coefficient (Wildman–Crippen LogP) is 12.9. The van der Waals surface area contributed by atoms with E-state index < -0.39 is 48.6 Å². The maximum absolute atomic E-state index is 14.4. The number of rotatable bonds is 26. The van der Waals surface area contributed by atoms with Gasteiger partial charge in [0.25, 0.3) is 0 Å². The molecule has 2 saturated heterocycles. The first kappa shape index (κ1) is 49.1. The quantitative estimate of drug-likeness (QED) is 0.0448. The van der Waals surface area contributed by atoms with E-state index in [4.69, 9.17) is 28.1 Å². The van der Waals surface area contributed by atoms with Crippen LogP contribution in [0.5, 0.6) is 0 Å². The molecular weight excluding hydrogens is 790 g/mol. The summed E-state index contributed by atoms with van der Waals surface area (Å²) in [4.78, 5) is 28.8. The number of carbonyl (C=O) groups is 2. The van der Waals surface area contributed by atoms with Gasteiger partial charge in [0, 0.05) is 29.7 Å². The highest BCUT2D eigenvalue weighted by Crippen LogP contribution is 2.43. The van der Waals surface area contributed by atoms with Crippen molar-refractivity contribution in [2.24, 2.45) is 0 Å². The molecule has 0 spiro atoms. The molecule has 8 nitrogen and oxygen atoms in total. The molecule has 3 aromatic rings. The van der Waals surface area contributed by atoms with Gasteiger partial charge in [0.1, 0.15) is 0 Å². The van der Waals surface area contributed by atoms with Crippen molar-refractivity contribution in [2.75, 3.05) is 13.2 Å². The Kier molecular flexibility index (Phi) is 18.1. The molecule has 60 heavy (non-hydrogen) atoms. The number of unbranched alkanes of at least 4 members (excludes halogenated alkanes) is 18. The maximum Gasteiger partial charge on any atom is 0.505 e. The van der Waals surface area contributed by atoms with Crippen LogP contribution in [0.2, 0.25) is 0 Å². The van der Waals surface area contributed by atoms with Crippen molar-refractivity contribution >= 4 is 78.6 Å². The highest BCUT2D eigenvalue weighted by molar-refractivity contribution is 7.30. The third-order valence-electron chi connectivity index (χ3n) is 13.3. The maximum atomic E-state index is 14.4. The van der Waals surface area contributed by atoms with Crippen LogP contribution in [0.4, 0.5) is 0 Å². The van der Waals surface area contributed by atoms with Crippen molar-refractivity contribution < 1.29 is 37.7 Å². The lowest BCUT2D eigenvalue weighted by Gasteiger charge is -2.32. The second kappa shape index (κ2) is 22.1. The summed E-state index contributed by atoms with van der Waals surface area (Å²) >= 11 is 2.85. The average molecular weight is 867 g/mol. The average Bonchev–Trinajstić information content (AvgIpc) is 3.92. The fraction of sp³-hybridized carbons (Fsp3) is 0.750. The zero-order valence-corrected chi connectivity index (χ0v) is 40.6. The number of carbonyl (C=O) groups excluding carboxylic acids is 2. The normalized spacial score (nSPS) is 18.0. The lowest BCUT2D eigenvalue weighted by Crippen LogP contribution is -2.41. The van der Waals surface area contributed by atoms with E-state index in [-0.39, 0.29) is 0 Å². The van der Waals surface area contributed by atoms with Crippen molar-refractivity contribution in [3.63, 3.8) is 0 Å². The number of thiophene rings is 2. The summed E-state index contributed by atoms with van der Waals surface area (Å²) in [5.41, 5.74) is -1.33. The number of hydrogen-bond acceptors (Lipinski definition) is 10. The van der Waals surface area contributed by atoms with Crippen LogP contribution in [0.15, 0.2) is 12.1 Å². The zero-order chi connectivity index (χ0) is 43.6. The Bertz CT molecular complexity index is 1630. The van der Waals surface area contributed by atoms with Gasteiger partial charge in [0.15, 0.2) is 0 Å². The lowest BCUT2D eigenvalue weighted by molar-refractivity contribution is 0.00578. The van der Waals surface area contributed by atoms with Gasteiger partial charge >= 0.3 is 26.2 Å². The molecule has 4 heterocycles. The molecule has 0 saturated carbocycles. The van der Waals surface area contributed by atoms with Gasteiger partial charge in [-0.2, -0.15) is 0 Å². The minimum Gasteiger partial charge on any atom is -0.462 e. The van der Waals surface area contributed by atoms with Gasteiger partial charge in [0.2, 0.25) is 0 Å². The van der Waals surface area contributed by atoms with Crippen LogP contribution < -0.4 is 9.55 Å². The van der Waals surface area contributed by atoms with Crippen LogP contribution in [0.3, 0.4) is 0 Å². The molecule has 0 aliphatic carbocycles. The minimum atomic E-state index is -0.656. The largest absolute Gasteiger partial charge is 0.505 e. The first-order chi connectivity index (χ1) is 28.5. The highest BCUT2D eigenvalue weighted by Gasteiger charge is 2.54. The molecule has 0 unspecified atom stereocenters. The molecule has 0 radical (unpaired) electrons. The van der Waals surface area contributed by atoms with E-state index in [2.05, 4.69) is 13.8 Å². The van der Waals surface area contributed by atoms with Crippen molar-refractivity contribution in [3.05, 3.63) is 23.3 Å². The van der Waals surface area contributed by atoms with Crippen molar-refractivity contribution in [1.82, 2.24) is 0 Å². The van der Waals surface area contributed by atoms with Crippen LogP contribution in [0.1, 0.15) is 218 Å². The molecule has 2 aliphatic rings. The van der Waals surface area contributed by atoms with E-state index >= 15 is 0 Å². The second-order valence-electron chi connectivity index (χ2n) is 19.3. The Morgan fingerprint density at radius 2 is 0.733 bits per heavy atom. The van der Waals surface area contributed by atoms with Crippen molar-refractivity contribution in [1.29, 1.82) is 0 Å². The van der Waals surface area contributed by atoms with Crippen LogP contribution in [-0.2, 0) is 28.1 Å². The van der Waals surface area contributed by atoms with Gasteiger partial charge in [-0.25, -0.2) is 9.59 Å². The van der Waals surface area contributed by atoms with Crippen LogP contribution in [-0.4, -0.2) is 61.8 Å². The third kappa shape index (κ3) is 12.2. The fourth-order valence-electron chi connectivity index (χ4n) is 8.02. The molecule has 1 aromatic carbocycles. The molecule has 0 atom stereocenters. The molecular formula is C48H76B2O8S2. The van der Waals surface area contributed by atoms with E-state index in [0.29, 0.717) is 44.5 Å². The van der Waals surface area contributed by atoms with E-state index in [1.807, 2.05) is 67.5 Å². The van der Waals surface area contributed by atoms with E-state index in [1.165, 1.54) is 113 Å². The van der Waals surface area contributed by atoms with E-state index in [9.17, 15) is 9.59 Å². The van der Waals surface area contributed by atoms with Gasteiger partial charge in [-0.15, -0.1) is 22.7 Å². The molecule has 12 heteroatoms. The summed E-state index contributed by atoms with van der Waals surface area (Å²) in [5.74, 6) is -0.793. The van der Waals surface area contributed by atoms with Crippen LogP contribution >= 0.6 is 22.7 Å².